The molecular formula is C95H81N3O3Si4. The minimum Gasteiger partial charge on any atom is -0.339 e. The highest BCUT2D eigenvalue weighted by Gasteiger charge is 2.41. The van der Waals surface area contributed by atoms with E-state index in [0.29, 0.717) is 83.8 Å². The van der Waals surface area contributed by atoms with Gasteiger partial charge in [0.2, 0.25) is 8.07 Å². The minimum atomic E-state index is -3.52. The first-order valence-corrected chi connectivity index (χ1v) is 43.8. The Morgan fingerprint density at radius 3 is 0.771 bits per heavy atom. The van der Waals surface area contributed by atoms with E-state index in [0.717, 1.165) is 46.7 Å². The van der Waals surface area contributed by atoms with E-state index in [9.17, 15) is 4.79 Å². The number of nitrogens with zero attached hydrogens (tertiary/aromatic N) is 3. The van der Waals surface area contributed by atoms with E-state index in [4.69, 9.17) is 12.8 Å². The number of carbonyl (C=O) groups excluding carboxylic acids is 3. The Bertz CT molecular complexity index is 5180. The number of rotatable bonds is 18. The molecule has 11 rings (SSSR count). The van der Waals surface area contributed by atoms with Crippen LogP contribution >= 0.6 is 0 Å². The van der Waals surface area contributed by atoms with Crippen molar-refractivity contribution >= 4 is 96.7 Å². The minimum absolute atomic E-state index is 0.138. The van der Waals surface area contributed by atoms with Gasteiger partial charge in [-0.25, -0.2) is 0 Å². The Labute approximate surface area is 625 Å². The maximum absolute atomic E-state index is 15.3. The van der Waals surface area contributed by atoms with Crippen LogP contribution in [0.4, 0.5) is 0 Å². The second kappa shape index (κ2) is 34.5. The van der Waals surface area contributed by atoms with Crippen molar-refractivity contribution in [3.05, 3.63) is 342 Å². The third kappa shape index (κ3) is 15.7. The first kappa shape index (κ1) is 73.8. The van der Waals surface area contributed by atoms with Crippen molar-refractivity contribution < 1.29 is 14.4 Å². The van der Waals surface area contributed by atoms with Crippen LogP contribution in [0.25, 0.3) is 0 Å². The van der Waals surface area contributed by atoms with Crippen molar-refractivity contribution in [2.45, 2.75) is 41.5 Å². The summed E-state index contributed by atoms with van der Waals surface area (Å²) in [6, 6.07) is 98.7. The molecule has 0 aliphatic rings. The maximum atomic E-state index is 15.3. The van der Waals surface area contributed by atoms with E-state index in [-0.39, 0.29) is 17.7 Å². The zero-order valence-corrected chi connectivity index (χ0v) is 64.3. The van der Waals surface area contributed by atoms with Crippen LogP contribution in [0.3, 0.4) is 0 Å². The van der Waals surface area contributed by atoms with Crippen LogP contribution in [0, 0.1) is 81.3 Å². The van der Waals surface area contributed by atoms with Crippen molar-refractivity contribution in [1.29, 1.82) is 0 Å². The molecule has 0 aromatic heterocycles. The molecule has 6 nitrogen and oxygen atoms in total. The second-order valence-electron chi connectivity index (χ2n) is 25.2. The second-order valence-corrected chi connectivity index (χ2v) is 38.2. The molecule has 0 saturated carbocycles. The molecule has 105 heavy (non-hydrogen) atoms. The lowest BCUT2D eigenvalue weighted by molar-refractivity contribution is 0.0764. The SMILES string of the molecule is C#C[Si](C#Cc1ccc(C#C[Si](C#Cc2ccc(C#C[Si](C#Cc3ccc([Si](C#C)(c4ccccc4)c4ccccc4)cc3C(=O)N(CC)CC)(c3ccccc3)c3ccccc3)cc2C(=O)N(CC)CC)(c2ccccc2)c2ccccc2)cc1C(=O)N(CC)CC)(c1ccccc1)c1ccccc1. The molecular weight excluding hydrogens is 1340 g/mol. The summed E-state index contributed by atoms with van der Waals surface area (Å²) in [6.07, 6.45) is 13.3. The Hall–Kier alpha value is -12.4. The average molecular weight is 1430 g/mol. The van der Waals surface area contributed by atoms with Crippen molar-refractivity contribution in [1.82, 2.24) is 14.7 Å². The molecule has 0 saturated heterocycles. The van der Waals surface area contributed by atoms with Gasteiger partial charge >= 0.3 is 0 Å². The number of carbonyl (C=O) groups is 3. The number of benzene rings is 11. The highest BCUT2D eigenvalue weighted by molar-refractivity contribution is 7.17. The van der Waals surface area contributed by atoms with Gasteiger partial charge in [0.05, 0.1) is 16.7 Å². The topological polar surface area (TPSA) is 60.9 Å². The largest absolute Gasteiger partial charge is 0.339 e. The molecule has 0 fully saturated rings. The summed E-state index contributed by atoms with van der Waals surface area (Å²) >= 11 is 0. The number of amides is 3. The van der Waals surface area contributed by atoms with Crippen LogP contribution in [0.15, 0.2) is 297 Å². The van der Waals surface area contributed by atoms with Crippen LogP contribution in [-0.4, -0.2) is 104 Å². The molecule has 0 bridgehead atoms. The fourth-order valence-corrected chi connectivity index (χ4v) is 25.8. The number of hydrogen-bond donors (Lipinski definition) is 0. The molecule has 0 unspecified atom stereocenters. The van der Waals surface area contributed by atoms with E-state index in [2.05, 4.69) is 147 Å². The highest BCUT2D eigenvalue weighted by atomic mass is 28.3. The average Bonchev–Trinajstić information content (AvgIpc) is 0.774. The number of hydrogen-bond acceptors (Lipinski definition) is 3. The van der Waals surface area contributed by atoms with Gasteiger partial charge < -0.3 is 14.7 Å². The first-order valence-electron chi connectivity index (χ1n) is 35.8. The summed E-state index contributed by atoms with van der Waals surface area (Å²) in [5, 5.41) is 8.74. The summed E-state index contributed by atoms with van der Waals surface area (Å²) in [5.41, 5.74) is 29.7. The van der Waals surface area contributed by atoms with E-state index in [1.807, 2.05) is 265 Å². The van der Waals surface area contributed by atoms with Gasteiger partial charge in [0.25, 0.3) is 41.9 Å². The molecule has 3 amide bonds. The third-order valence-corrected chi connectivity index (χ3v) is 33.5. The Morgan fingerprint density at radius 2 is 0.505 bits per heavy atom. The molecule has 11 aromatic rings. The quantitative estimate of drug-likeness (QED) is 0.0489. The van der Waals surface area contributed by atoms with E-state index >= 15 is 9.59 Å². The monoisotopic (exact) mass is 1420 g/mol. The van der Waals surface area contributed by atoms with Crippen molar-refractivity contribution in [2.24, 2.45) is 0 Å². The predicted molar refractivity (Wildman–Crippen MR) is 444 cm³/mol. The van der Waals surface area contributed by atoms with Gasteiger partial charge in [-0.15, -0.1) is 23.9 Å². The van der Waals surface area contributed by atoms with Crippen molar-refractivity contribution in [3.63, 3.8) is 0 Å². The van der Waals surface area contributed by atoms with Crippen molar-refractivity contribution in [2.75, 3.05) is 39.3 Å². The smallest absolute Gasteiger partial charge is 0.276 e. The van der Waals surface area contributed by atoms with Crippen molar-refractivity contribution in [3.8, 4) is 81.3 Å². The van der Waals surface area contributed by atoms with Gasteiger partial charge in [-0.3, -0.25) is 14.4 Å². The lowest BCUT2D eigenvalue weighted by atomic mass is 10.0. The molecule has 10 heteroatoms. The maximum Gasteiger partial charge on any atom is 0.276 e. The third-order valence-electron chi connectivity index (χ3n) is 19.4. The van der Waals surface area contributed by atoms with Crippen LogP contribution in [0.2, 0.25) is 0 Å². The van der Waals surface area contributed by atoms with Gasteiger partial charge in [-0.1, -0.05) is 306 Å². The summed E-state index contributed by atoms with van der Waals surface area (Å²) < 4.78 is 0. The lowest BCUT2D eigenvalue weighted by Crippen LogP contribution is -2.66. The summed E-state index contributed by atoms with van der Waals surface area (Å²) in [7, 11) is -13.3. The van der Waals surface area contributed by atoms with Crippen LogP contribution in [-0.2, 0) is 0 Å². The Morgan fingerprint density at radius 1 is 0.267 bits per heavy atom. The molecule has 0 aliphatic carbocycles. The van der Waals surface area contributed by atoms with Gasteiger partial charge in [-0.2, -0.15) is 0 Å². The zero-order chi connectivity index (χ0) is 73.7. The lowest BCUT2D eigenvalue weighted by Gasteiger charge is -2.29. The predicted octanol–water partition coefficient (Wildman–Crippen LogP) is 10.6. The summed E-state index contributed by atoms with van der Waals surface area (Å²) in [6.45, 7) is 14.8. The fourth-order valence-electron chi connectivity index (χ4n) is 13.5. The van der Waals surface area contributed by atoms with Gasteiger partial charge in [0.1, 0.15) is 0 Å². The first-order chi connectivity index (χ1) is 51.4. The standard InChI is InChI=1S/C95H81N3O3Si4/c1-9-96(10-2)93(99)90-73-76(57-59-78(90)65-70-102(15-7,81-41-25-17-26-42-81)82-43-27-18-28-44-82)63-68-103(83-45-29-19-30-46-83,84-47-31-20-32-48-84)71-66-79-60-58-77(74-91(79)94(100)97(11-3)12-4)64-69-104(85-49-33-21-34-50-85,86-51-35-22-36-52-86)72-67-80-61-62-89(75-92(80)95(101)98(13-5)14-6)105(16-8,87-53-37-23-38-54-87)88-55-39-24-40-56-88/h7-8,17-62,73-75H,9-14H2,1-6H3. The van der Waals surface area contributed by atoms with Crippen LogP contribution in [0.5, 0.6) is 0 Å². The molecule has 0 heterocycles. The molecule has 11 aromatic carbocycles. The normalized spacial score (nSPS) is 10.9. The van der Waals surface area contributed by atoms with Gasteiger partial charge in [0, 0.05) is 67.1 Å². The molecule has 0 spiro atoms. The van der Waals surface area contributed by atoms with Crippen LogP contribution < -0.4 is 46.7 Å². The number of terminal acetylenes is 2. The zero-order valence-electron chi connectivity index (χ0n) is 60.3. The van der Waals surface area contributed by atoms with E-state index in [1.165, 1.54) is 0 Å². The summed E-state index contributed by atoms with van der Waals surface area (Å²) in [5.74, 6) is 17.5. The van der Waals surface area contributed by atoms with Crippen LogP contribution in [0.1, 0.15) is 100 Å². The van der Waals surface area contributed by atoms with E-state index < -0.39 is 32.3 Å². The highest BCUT2D eigenvalue weighted by Crippen LogP contribution is 2.21. The van der Waals surface area contributed by atoms with Gasteiger partial charge in [-0.05, 0) is 137 Å². The Balaban J connectivity index is 1.08. The van der Waals surface area contributed by atoms with Gasteiger partial charge in [0.15, 0.2) is 0 Å². The molecule has 0 aliphatic heterocycles. The fraction of sp³-hybridized carbons (Fsp3) is 0.126. The molecule has 0 radical (unpaired) electrons. The van der Waals surface area contributed by atoms with E-state index in [1.54, 1.807) is 9.80 Å². The Kier molecular flexibility index (Phi) is 24.3. The molecule has 510 valence electrons. The molecule has 0 atom stereocenters. The molecule has 0 N–H and O–H groups in total. The summed E-state index contributed by atoms with van der Waals surface area (Å²) in [4.78, 5) is 50.6.